The Balaban J connectivity index is 2.27. The topological polar surface area (TPSA) is 62.0 Å². The summed E-state index contributed by atoms with van der Waals surface area (Å²) in [7, 11) is 0. The van der Waals surface area contributed by atoms with Gasteiger partial charge in [0, 0.05) is 24.0 Å². The van der Waals surface area contributed by atoms with E-state index in [9.17, 15) is 5.11 Å². The lowest BCUT2D eigenvalue weighted by molar-refractivity contribution is 0.176. The third kappa shape index (κ3) is 1.12. The van der Waals surface area contributed by atoms with Crippen molar-refractivity contribution in [3.05, 3.63) is 42.0 Å². The molecule has 0 aliphatic rings. The fourth-order valence-corrected chi connectivity index (χ4v) is 1.04. The highest BCUT2D eigenvalue weighted by atomic mass is 16.5. The number of hydrogen-bond donors (Lipinski definition) is 2. The summed E-state index contributed by atoms with van der Waals surface area (Å²) in [6.45, 7) is 0. The lowest BCUT2D eigenvalue weighted by Crippen LogP contribution is -1.95. The highest BCUT2D eigenvalue weighted by Crippen LogP contribution is 2.19. The average molecular weight is 164 g/mol. The van der Waals surface area contributed by atoms with Crippen LogP contribution in [0.25, 0.3) is 0 Å². The van der Waals surface area contributed by atoms with Crippen LogP contribution in [-0.2, 0) is 0 Å². The molecular weight excluding hydrogens is 156 g/mol. The summed E-state index contributed by atoms with van der Waals surface area (Å²) in [5.41, 5.74) is 0.770. The minimum absolute atomic E-state index is 0.453. The van der Waals surface area contributed by atoms with Crippen molar-refractivity contribution in [3.63, 3.8) is 0 Å². The molecule has 12 heavy (non-hydrogen) atoms. The van der Waals surface area contributed by atoms with E-state index in [1.54, 1.807) is 24.5 Å². The minimum atomic E-state index is -0.723. The summed E-state index contributed by atoms with van der Waals surface area (Å²) >= 11 is 0. The van der Waals surface area contributed by atoms with E-state index in [2.05, 4.69) is 10.1 Å². The van der Waals surface area contributed by atoms with Crippen molar-refractivity contribution in [3.8, 4) is 0 Å². The average Bonchev–Trinajstić information content (AvgIpc) is 2.77. The van der Waals surface area contributed by atoms with Crippen molar-refractivity contribution >= 4 is 0 Å². The zero-order chi connectivity index (χ0) is 8.39. The van der Waals surface area contributed by atoms with E-state index < -0.39 is 6.10 Å². The first-order chi connectivity index (χ1) is 5.88. The Morgan fingerprint density at radius 2 is 2.42 bits per heavy atom. The number of aromatic nitrogens is 2. The first-order valence-electron chi connectivity index (χ1n) is 3.59. The largest absolute Gasteiger partial charge is 0.380 e. The molecule has 0 aliphatic carbocycles. The molecule has 0 saturated carbocycles. The summed E-state index contributed by atoms with van der Waals surface area (Å²) in [6.07, 6.45) is 4.24. The van der Waals surface area contributed by atoms with Crippen LogP contribution in [0.2, 0.25) is 0 Å². The van der Waals surface area contributed by atoms with Crippen LogP contribution in [-0.4, -0.2) is 15.2 Å². The Kier molecular flexibility index (Phi) is 1.68. The van der Waals surface area contributed by atoms with Crippen LogP contribution in [0.5, 0.6) is 0 Å². The number of aliphatic hydroxyl groups is 1. The van der Waals surface area contributed by atoms with Gasteiger partial charge in [-0.25, -0.2) is 0 Å². The zero-order valence-electron chi connectivity index (χ0n) is 6.27. The van der Waals surface area contributed by atoms with Crippen molar-refractivity contribution in [2.75, 3.05) is 0 Å². The number of hydrogen-bond acceptors (Lipinski definition) is 3. The van der Waals surface area contributed by atoms with Gasteiger partial charge in [-0.05, 0) is 6.07 Å². The van der Waals surface area contributed by atoms with Crippen LogP contribution in [0.15, 0.2) is 35.2 Å². The maximum atomic E-state index is 9.62. The third-order valence-electron chi connectivity index (χ3n) is 1.67. The first-order valence-corrected chi connectivity index (χ1v) is 3.59. The van der Waals surface area contributed by atoms with Crippen molar-refractivity contribution in [2.24, 2.45) is 0 Å². The fourth-order valence-electron chi connectivity index (χ4n) is 1.04. The quantitative estimate of drug-likeness (QED) is 0.698. The molecule has 0 bridgehead atoms. The summed E-state index contributed by atoms with van der Waals surface area (Å²) in [5.74, 6) is 0.453. The number of rotatable bonds is 2. The first kappa shape index (κ1) is 7.12. The fraction of sp³-hybridized carbons (Fsp3) is 0.125. The minimum Gasteiger partial charge on any atom is -0.380 e. The van der Waals surface area contributed by atoms with E-state index in [-0.39, 0.29) is 0 Å². The molecule has 2 aromatic rings. The normalized spacial score (nSPS) is 13.1. The highest BCUT2D eigenvalue weighted by molar-refractivity contribution is 5.19. The van der Waals surface area contributed by atoms with E-state index in [0.29, 0.717) is 5.76 Å². The molecular formula is C8H8N2O2. The van der Waals surface area contributed by atoms with E-state index in [0.717, 1.165) is 5.56 Å². The molecule has 4 nitrogen and oxygen atoms in total. The zero-order valence-corrected chi connectivity index (χ0v) is 6.27. The van der Waals surface area contributed by atoms with Crippen LogP contribution < -0.4 is 0 Å². The van der Waals surface area contributed by atoms with Gasteiger partial charge in [-0.2, -0.15) is 0 Å². The summed E-state index contributed by atoms with van der Waals surface area (Å²) in [5, 5.41) is 13.1. The van der Waals surface area contributed by atoms with E-state index in [1.165, 1.54) is 6.20 Å². The molecule has 0 radical (unpaired) electrons. The molecule has 0 spiro atoms. The van der Waals surface area contributed by atoms with Crippen molar-refractivity contribution < 1.29 is 9.63 Å². The van der Waals surface area contributed by atoms with E-state index in [1.807, 2.05) is 0 Å². The molecule has 0 aromatic carbocycles. The number of nitrogens with zero attached hydrogens (tertiary/aromatic N) is 1. The molecule has 1 atom stereocenters. The maximum Gasteiger partial charge on any atom is 0.169 e. The molecule has 2 heterocycles. The van der Waals surface area contributed by atoms with Gasteiger partial charge in [-0.15, -0.1) is 0 Å². The maximum absolute atomic E-state index is 9.62. The van der Waals surface area contributed by atoms with Gasteiger partial charge in [-0.3, -0.25) is 0 Å². The molecule has 62 valence electrons. The Morgan fingerprint density at radius 3 is 3.00 bits per heavy atom. The van der Waals surface area contributed by atoms with Gasteiger partial charge < -0.3 is 14.6 Å². The molecule has 0 aliphatic heterocycles. The highest BCUT2D eigenvalue weighted by Gasteiger charge is 2.13. The number of aromatic amines is 1. The molecule has 0 amide bonds. The van der Waals surface area contributed by atoms with Gasteiger partial charge in [0.25, 0.3) is 0 Å². The second kappa shape index (κ2) is 2.83. The van der Waals surface area contributed by atoms with Crippen molar-refractivity contribution in [2.45, 2.75) is 6.10 Å². The van der Waals surface area contributed by atoms with Crippen LogP contribution in [0.3, 0.4) is 0 Å². The monoisotopic (exact) mass is 164 g/mol. The van der Waals surface area contributed by atoms with Gasteiger partial charge in [0.15, 0.2) is 5.76 Å². The number of H-pyrrole nitrogens is 1. The van der Waals surface area contributed by atoms with Gasteiger partial charge in [0.2, 0.25) is 0 Å². The van der Waals surface area contributed by atoms with E-state index in [4.69, 9.17) is 4.52 Å². The number of aliphatic hydroxyl groups excluding tert-OH is 1. The SMILES string of the molecule is OC(c1cc[nH]c1)c1ccno1. The van der Waals surface area contributed by atoms with Crippen molar-refractivity contribution in [1.82, 2.24) is 10.1 Å². The Morgan fingerprint density at radius 1 is 1.50 bits per heavy atom. The molecule has 2 aromatic heterocycles. The summed E-state index contributed by atoms with van der Waals surface area (Å²) < 4.78 is 4.81. The predicted octanol–water partition coefficient (Wildman–Crippen LogP) is 1.08. The third-order valence-corrected chi connectivity index (χ3v) is 1.67. The van der Waals surface area contributed by atoms with E-state index >= 15 is 0 Å². The molecule has 0 saturated heterocycles. The van der Waals surface area contributed by atoms with Crippen LogP contribution in [0, 0.1) is 0 Å². The van der Waals surface area contributed by atoms with Crippen LogP contribution in [0.4, 0.5) is 0 Å². The molecule has 0 fully saturated rings. The summed E-state index contributed by atoms with van der Waals surface area (Å²) in [6, 6.07) is 3.42. The molecule has 1 unspecified atom stereocenters. The lowest BCUT2D eigenvalue weighted by Gasteiger charge is -2.01. The summed E-state index contributed by atoms with van der Waals surface area (Å²) in [4.78, 5) is 2.85. The Hall–Kier alpha value is -1.55. The van der Waals surface area contributed by atoms with Crippen LogP contribution >= 0.6 is 0 Å². The Labute approximate surface area is 68.8 Å². The smallest absolute Gasteiger partial charge is 0.169 e. The molecule has 2 rings (SSSR count). The van der Waals surface area contributed by atoms with Crippen molar-refractivity contribution in [1.29, 1.82) is 0 Å². The number of nitrogens with one attached hydrogen (secondary N) is 1. The molecule has 2 N–H and O–H groups in total. The van der Waals surface area contributed by atoms with Gasteiger partial charge in [0.05, 0.1) is 6.20 Å². The van der Waals surface area contributed by atoms with Gasteiger partial charge in [-0.1, -0.05) is 5.16 Å². The second-order valence-electron chi connectivity index (χ2n) is 2.46. The molecule has 4 heteroatoms. The van der Waals surface area contributed by atoms with Gasteiger partial charge >= 0.3 is 0 Å². The van der Waals surface area contributed by atoms with Gasteiger partial charge in [0.1, 0.15) is 6.10 Å². The standard InChI is InChI=1S/C8H8N2O2/c11-8(6-1-3-9-5-6)7-2-4-10-12-7/h1-5,8-9,11H. The lowest BCUT2D eigenvalue weighted by atomic mass is 10.1. The Bertz CT molecular complexity index is 292. The second-order valence-corrected chi connectivity index (χ2v) is 2.46. The van der Waals surface area contributed by atoms with Crippen LogP contribution in [0.1, 0.15) is 17.4 Å². The predicted molar refractivity (Wildman–Crippen MR) is 41.4 cm³/mol.